The largest absolute Gasteiger partial charge is 0.493 e. The van der Waals surface area contributed by atoms with Crippen molar-refractivity contribution in [3.63, 3.8) is 0 Å². The van der Waals surface area contributed by atoms with Crippen LogP contribution in [0.25, 0.3) is 22.8 Å². The van der Waals surface area contributed by atoms with Crippen molar-refractivity contribution in [3.05, 3.63) is 42.0 Å². The number of nitrogens with one attached hydrogen (secondary N) is 1. The van der Waals surface area contributed by atoms with Gasteiger partial charge in [-0.15, -0.1) is 0 Å². The Balaban J connectivity index is 2.06. The van der Waals surface area contributed by atoms with Crippen LogP contribution in [0.3, 0.4) is 0 Å². The van der Waals surface area contributed by atoms with E-state index >= 15 is 0 Å². The third-order valence-electron chi connectivity index (χ3n) is 3.98. The molecule has 1 aromatic heterocycles. The van der Waals surface area contributed by atoms with Gasteiger partial charge in [0, 0.05) is 12.6 Å². The second-order valence-corrected chi connectivity index (χ2v) is 5.46. The van der Waals surface area contributed by atoms with Gasteiger partial charge >= 0.3 is 0 Å². The van der Waals surface area contributed by atoms with Crippen LogP contribution in [0.1, 0.15) is 10.4 Å². The maximum absolute atomic E-state index is 12.1. The number of aromatic nitrogens is 2. The number of hydrogen-bond donors (Lipinski definition) is 1. The van der Waals surface area contributed by atoms with Crippen LogP contribution in [-0.4, -0.2) is 44.4 Å². The lowest BCUT2D eigenvalue weighted by molar-refractivity contribution is 0.0963. The second-order valence-electron chi connectivity index (χ2n) is 5.46. The van der Waals surface area contributed by atoms with E-state index in [0.717, 1.165) is 0 Å². The van der Waals surface area contributed by atoms with Gasteiger partial charge in [0.05, 0.1) is 32.5 Å². The average molecular weight is 369 g/mol. The Labute approximate surface area is 156 Å². The van der Waals surface area contributed by atoms with Crippen LogP contribution in [0.15, 0.2) is 40.9 Å². The Morgan fingerprint density at radius 2 is 1.70 bits per heavy atom. The predicted molar refractivity (Wildman–Crippen MR) is 98.2 cm³/mol. The molecule has 0 saturated heterocycles. The first-order valence-electron chi connectivity index (χ1n) is 8.08. The molecule has 3 rings (SSSR count). The lowest BCUT2D eigenvalue weighted by atomic mass is 10.1. The average Bonchev–Trinajstić information content (AvgIpc) is 3.22. The molecule has 140 valence electrons. The fourth-order valence-corrected chi connectivity index (χ4v) is 2.66. The van der Waals surface area contributed by atoms with Crippen molar-refractivity contribution in [3.8, 4) is 40.1 Å². The fraction of sp³-hybridized carbons (Fsp3) is 0.211. The van der Waals surface area contributed by atoms with E-state index in [1.54, 1.807) is 43.4 Å². The first kappa shape index (κ1) is 18.2. The van der Waals surface area contributed by atoms with Crippen LogP contribution in [0, 0.1) is 0 Å². The molecule has 2 aromatic carbocycles. The van der Waals surface area contributed by atoms with Crippen molar-refractivity contribution in [1.29, 1.82) is 0 Å². The van der Waals surface area contributed by atoms with Gasteiger partial charge in [0.25, 0.3) is 11.8 Å². The van der Waals surface area contributed by atoms with Crippen LogP contribution in [0.5, 0.6) is 17.2 Å². The van der Waals surface area contributed by atoms with E-state index in [2.05, 4.69) is 15.5 Å². The molecule has 0 bridgehead atoms. The van der Waals surface area contributed by atoms with Crippen molar-refractivity contribution >= 4 is 5.91 Å². The molecule has 8 heteroatoms. The van der Waals surface area contributed by atoms with Gasteiger partial charge in [-0.25, -0.2) is 0 Å². The number of ether oxygens (including phenoxy) is 3. The normalized spacial score (nSPS) is 10.4. The quantitative estimate of drug-likeness (QED) is 0.714. The molecule has 0 unspecified atom stereocenters. The SMILES string of the molecule is CNC(=O)c1ccccc1-c1nc(-c2cc(OC)c(OC)c(OC)c2)no1. The number of nitrogens with zero attached hydrogens (tertiary/aromatic N) is 2. The Bertz CT molecular complexity index is 942. The first-order valence-corrected chi connectivity index (χ1v) is 8.08. The van der Waals surface area contributed by atoms with Crippen molar-refractivity contribution in [2.75, 3.05) is 28.4 Å². The third-order valence-corrected chi connectivity index (χ3v) is 3.98. The summed E-state index contributed by atoms with van der Waals surface area (Å²) >= 11 is 0. The van der Waals surface area contributed by atoms with Crippen LogP contribution in [0.2, 0.25) is 0 Å². The smallest absolute Gasteiger partial charge is 0.259 e. The van der Waals surface area contributed by atoms with E-state index in [9.17, 15) is 4.79 Å². The van der Waals surface area contributed by atoms with Gasteiger partial charge in [-0.05, 0) is 24.3 Å². The number of carbonyl (C=O) groups excluding carboxylic acids is 1. The fourth-order valence-electron chi connectivity index (χ4n) is 2.66. The molecule has 0 fully saturated rings. The van der Waals surface area contributed by atoms with E-state index < -0.39 is 0 Å². The zero-order valence-corrected chi connectivity index (χ0v) is 15.4. The van der Waals surface area contributed by atoms with E-state index in [0.29, 0.717) is 39.8 Å². The second kappa shape index (κ2) is 7.77. The van der Waals surface area contributed by atoms with Crippen LogP contribution >= 0.6 is 0 Å². The lowest BCUT2D eigenvalue weighted by Crippen LogP contribution is -2.18. The van der Waals surface area contributed by atoms with Gasteiger partial charge < -0.3 is 24.1 Å². The summed E-state index contributed by atoms with van der Waals surface area (Å²) in [5.74, 6) is 1.75. The molecule has 3 aromatic rings. The van der Waals surface area contributed by atoms with Crippen molar-refractivity contribution < 1.29 is 23.5 Å². The third kappa shape index (κ3) is 3.41. The number of carbonyl (C=O) groups is 1. The van der Waals surface area contributed by atoms with Crippen molar-refractivity contribution in [2.45, 2.75) is 0 Å². The molecule has 1 N–H and O–H groups in total. The highest BCUT2D eigenvalue weighted by Crippen LogP contribution is 2.40. The highest BCUT2D eigenvalue weighted by Gasteiger charge is 2.20. The maximum Gasteiger partial charge on any atom is 0.259 e. The van der Waals surface area contributed by atoms with Crippen molar-refractivity contribution in [2.24, 2.45) is 0 Å². The van der Waals surface area contributed by atoms with Crippen LogP contribution < -0.4 is 19.5 Å². The molecule has 0 radical (unpaired) electrons. The molecule has 0 atom stereocenters. The highest BCUT2D eigenvalue weighted by atomic mass is 16.5. The summed E-state index contributed by atoms with van der Waals surface area (Å²) in [6.45, 7) is 0. The maximum atomic E-state index is 12.1. The predicted octanol–water partition coefficient (Wildman–Crippen LogP) is 2.79. The number of methoxy groups -OCH3 is 3. The molecule has 8 nitrogen and oxygen atoms in total. The first-order chi connectivity index (χ1) is 13.1. The molecule has 0 saturated carbocycles. The van der Waals surface area contributed by atoms with E-state index in [1.165, 1.54) is 21.3 Å². The Kier molecular flexibility index (Phi) is 5.25. The molecule has 1 amide bonds. The molecular weight excluding hydrogens is 350 g/mol. The summed E-state index contributed by atoms with van der Waals surface area (Å²) in [6, 6.07) is 10.4. The molecule has 0 aliphatic rings. The molecule has 1 heterocycles. The van der Waals surface area contributed by atoms with Gasteiger partial charge in [-0.1, -0.05) is 17.3 Å². The summed E-state index contributed by atoms with van der Waals surface area (Å²) in [5, 5.41) is 6.62. The Morgan fingerprint density at radius 1 is 1.04 bits per heavy atom. The lowest BCUT2D eigenvalue weighted by Gasteiger charge is -2.12. The number of rotatable bonds is 6. The van der Waals surface area contributed by atoms with Gasteiger partial charge in [-0.3, -0.25) is 4.79 Å². The summed E-state index contributed by atoms with van der Waals surface area (Å²) < 4.78 is 21.4. The highest BCUT2D eigenvalue weighted by molar-refractivity contribution is 5.99. The van der Waals surface area contributed by atoms with Crippen LogP contribution in [0.4, 0.5) is 0 Å². The van der Waals surface area contributed by atoms with E-state index in [1.807, 2.05) is 0 Å². The summed E-state index contributed by atoms with van der Waals surface area (Å²) in [7, 11) is 6.15. The van der Waals surface area contributed by atoms with Crippen LogP contribution in [-0.2, 0) is 0 Å². The minimum Gasteiger partial charge on any atom is -0.493 e. The monoisotopic (exact) mass is 369 g/mol. The zero-order valence-electron chi connectivity index (χ0n) is 15.4. The molecular formula is C19H19N3O5. The summed E-state index contributed by atoms with van der Waals surface area (Å²) in [4.78, 5) is 16.5. The van der Waals surface area contributed by atoms with E-state index in [4.69, 9.17) is 18.7 Å². The van der Waals surface area contributed by atoms with Gasteiger partial charge in [-0.2, -0.15) is 4.98 Å². The summed E-state index contributed by atoms with van der Waals surface area (Å²) in [5.41, 5.74) is 1.61. The van der Waals surface area contributed by atoms with Gasteiger partial charge in [0.2, 0.25) is 11.6 Å². The Hall–Kier alpha value is -3.55. The number of amides is 1. The molecule has 27 heavy (non-hydrogen) atoms. The number of benzene rings is 2. The minimum absolute atomic E-state index is 0.234. The topological polar surface area (TPSA) is 95.7 Å². The molecule has 0 aliphatic carbocycles. The minimum atomic E-state index is -0.238. The van der Waals surface area contributed by atoms with Gasteiger partial charge in [0.1, 0.15) is 0 Å². The Morgan fingerprint density at radius 3 is 2.30 bits per heavy atom. The zero-order chi connectivity index (χ0) is 19.4. The molecule has 0 aliphatic heterocycles. The summed E-state index contributed by atoms with van der Waals surface area (Å²) in [6.07, 6.45) is 0. The standard InChI is InChI=1S/C19H19N3O5/c1-20-18(23)12-7-5-6-8-13(12)19-21-17(22-27-19)11-9-14(24-2)16(26-4)15(10-11)25-3/h5-10H,1-4H3,(H,20,23). The number of hydrogen-bond acceptors (Lipinski definition) is 7. The molecule has 0 spiro atoms. The van der Waals surface area contributed by atoms with Crippen molar-refractivity contribution in [1.82, 2.24) is 15.5 Å². The van der Waals surface area contributed by atoms with E-state index in [-0.39, 0.29) is 11.8 Å². The van der Waals surface area contributed by atoms with Gasteiger partial charge in [0.15, 0.2) is 11.5 Å².